The van der Waals surface area contributed by atoms with Gasteiger partial charge in [-0.3, -0.25) is 0 Å². The van der Waals surface area contributed by atoms with E-state index in [1.54, 1.807) is 0 Å². The second-order valence-corrected chi connectivity index (χ2v) is 7.25. The first kappa shape index (κ1) is 18.2. The molecule has 2 unspecified atom stereocenters. The van der Waals surface area contributed by atoms with Gasteiger partial charge in [0.15, 0.2) is 0 Å². The third kappa shape index (κ3) is 5.12. The molecule has 0 amide bonds. The van der Waals surface area contributed by atoms with Crippen molar-refractivity contribution >= 4 is 0 Å². The summed E-state index contributed by atoms with van der Waals surface area (Å²) in [4.78, 5) is 0. The van der Waals surface area contributed by atoms with E-state index < -0.39 is 0 Å². The smallest absolute Gasteiger partial charge is 0.0788 e. The highest BCUT2D eigenvalue weighted by Gasteiger charge is 2.25. The van der Waals surface area contributed by atoms with Crippen LogP contribution in [-0.4, -0.2) is 19.8 Å². The minimum absolute atomic E-state index is 0.192. The van der Waals surface area contributed by atoms with E-state index in [1.165, 1.54) is 11.1 Å². The summed E-state index contributed by atoms with van der Waals surface area (Å²) >= 11 is 0. The first-order chi connectivity index (χ1) is 9.81. The normalized spacial score (nSPS) is 15.2. The van der Waals surface area contributed by atoms with Crippen LogP contribution >= 0.6 is 0 Å². The van der Waals surface area contributed by atoms with Crippen LogP contribution in [0.5, 0.6) is 0 Å². The molecule has 21 heavy (non-hydrogen) atoms. The summed E-state index contributed by atoms with van der Waals surface area (Å²) in [7, 11) is 1.81. The Morgan fingerprint density at radius 3 is 2.05 bits per heavy atom. The Kier molecular flexibility index (Phi) is 6.89. The minimum atomic E-state index is 0.192. The van der Waals surface area contributed by atoms with Crippen LogP contribution < -0.4 is 5.32 Å². The number of methoxy groups -OCH3 is 1. The Hall–Kier alpha value is -0.860. The largest absolute Gasteiger partial charge is 0.379 e. The molecule has 1 aromatic carbocycles. The topological polar surface area (TPSA) is 21.3 Å². The van der Waals surface area contributed by atoms with E-state index in [-0.39, 0.29) is 17.6 Å². The van der Waals surface area contributed by atoms with Crippen LogP contribution in [0.3, 0.4) is 0 Å². The zero-order valence-electron chi connectivity index (χ0n) is 14.9. The zero-order chi connectivity index (χ0) is 16.0. The molecule has 0 heterocycles. The van der Waals surface area contributed by atoms with Gasteiger partial charge in [-0.2, -0.15) is 0 Å². The molecule has 1 N–H and O–H groups in total. The average Bonchev–Trinajstić information content (AvgIpc) is 2.42. The fraction of sp³-hybridized carbons (Fsp3) is 0.684. The van der Waals surface area contributed by atoms with Crippen LogP contribution in [0.4, 0.5) is 0 Å². The molecule has 0 fully saturated rings. The van der Waals surface area contributed by atoms with Crippen molar-refractivity contribution in [2.45, 2.75) is 65.5 Å². The summed E-state index contributed by atoms with van der Waals surface area (Å²) in [6, 6.07) is 9.26. The molecule has 0 saturated carbocycles. The Labute approximate surface area is 131 Å². The molecule has 0 aliphatic rings. The van der Waals surface area contributed by atoms with Gasteiger partial charge in [-0.25, -0.2) is 0 Å². The van der Waals surface area contributed by atoms with E-state index in [4.69, 9.17) is 4.74 Å². The third-order valence-electron chi connectivity index (χ3n) is 4.01. The predicted molar refractivity (Wildman–Crippen MR) is 91.8 cm³/mol. The molecular weight excluding hydrogens is 258 g/mol. The maximum atomic E-state index is 5.76. The van der Waals surface area contributed by atoms with Crippen molar-refractivity contribution in [2.75, 3.05) is 13.7 Å². The molecule has 0 spiro atoms. The molecule has 2 heteroatoms. The summed E-state index contributed by atoms with van der Waals surface area (Å²) in [6.07, 6.45) is 1.32. The average molecular weight is 291 g/mol. The third-order valence-corrected chi connectivity index (χ3v) is 4.01. The van der Waals surface area contributed by atoms with Crippen LogP contribution in [0.25, 0.3) is 0 Å². The van der Waals surface area contributed by atoms with E-state index in [0.29, 0.717) is 5.92 Å². The Morgan fingerprint density at radius 1 is 1.10 bits per heavy atom. The highest BCUT2D eigenvalue weighted by atomic mass is 16.5. The van der Waals surface area contributed by atoms with Gasteiger partial charge in [-0.15, -0.1) is 0 Å². The standard InChI is InChI=1S/C19H33NO/c1-8-13-20-17(18(21-7)14(2)3)15-9-11-16(12-10-15)19(4,5)6/h9-12,14,17-18,20H,8,13H2,1-7H3. The summed E-state index contributed by atoms with van der Waals surface area (Å²) in [6.45, 7) is 14.4. The van der Waals surface area contributed by atoms with Crippen molar-refractivity contribution in [3.8, 4) is 0 Å². The number of hydrogen-bond acceptors (Lipinski definition) is 2. The van der Waals surface area contributed by atoms with Crippen LogP contribution in [0.1, 0.15) is 65.1 Å². The summed E-state index contributed by atoms with van der Waals surface area (Å²) in [5.74, 6) is 0.478. The second kappa shape index (κ2) is 7.95. The second-order valence-electron chi connectivity index (χ2n) is 7.25. The molecule has 0 radical (unpaired) electrons. The first-order valence-electron chi connectivity index (χ1n) is 8.17. The summed E-state index contributed by atoms with van der Waals surface area (Å²) in [5, 5.41) is 3.65. The molecule has 120 valence electrons. The quantitative estimate of drug-likeness (QED) is 0.786. The molecule has 1 rings (SSSR count). The van der Waals surface area contributed by atoms with Gasteiger partial charge < -0.3 is 10.1 Å². The van der Waals surface area contributed by atoms with Crippen molar-refractivity contribution in [3.63, 3.8) is 0 Å². The molecule has 0 aliphatic carbocycles. The van der Waals surface area contributed by atoms with Gasteiger partial charge in [0.1, 0.15) is 0 Å². The zero-order valence-corrected chi connectivity index (χ0v) is 14.9. The molecule has 0 aliphatic heterocycles. The Morgan fingerprint density at radius 2 is 1.67 bits per heavy atom. The Bertz CT molecular complexity index is 403. The predicted octanol–water partition coefficient (Wildman–Crippen LogP) is 4.70. The van der Waals surface area contributed by atoms with Crippen molar-refractivity contribution < 1.29 is 4.74 Å². The maximum Gasteiger partial charge on any atom is 0.0788 e. The SMILES string of the molecule is CCCNC(c1ccc(C(C)(C)C)cc1)C(OC)C(C)C. The van der Waals surface area contributed by atoms with E-state index in [0.717, 1.165) is 13.0 Å². The van der Waals surface area contributed by atoms with Crippen molar-refractivity contribution in [1.82, 2.24) is 5.32 Å². The van der Waals surface area contributed by atoms with E-state index in [9.17, 15) is 0 Å². The number of ether oxygens (including phenoxy) is 1. The fourth-order valence-electron chi connectivity index (χ4n) is 2.71. The molecule has 0 saturated heterocycles. The lowest BCUT2D eigenvalue weighted by molar-refractivity contribution is 0.0326. The van der Waals surface area contributed by atoms with Crippen molar-refractivity contribution in [1.29, 1.82) is 0 Å². The van der Waals surface area contributed by atoms with E-state index in [1.807, 2.05) is 7.11 Å². The number of benzene rings is 1. The van der Waals surface area contributed by atoms with Gasteiger partial charge in [0.2, 0.25) is 0 Å². The van der Waals surface area contributed by atoms with Crippen molar-refractivity contribution in [3.05, 3.63) is 35.4 Å². The van der Waals surface area contributed by atoms with Gasteiger partial charge in [0.25, 0.3) is 0 Å². The first-order valence-corrected chi connectivity index (χ1v) is 8.17. The number of hydrogen-bond donors (Lipinski definition) is 1. The van der Waals surface area contributed by atoms with Crippen molar-refractivity contribution in [2.24, 2.45) is 5.92 Å². The van der Waals surface area contributed by atoms with Crippen LogP contribution in [0.15, 0.2) is 24.3 Å². The van der Waals surface area contributed by atoms with Gasteiger partial charge in [-0.05, 0) is 35.4 Å². The summed E-state index contributed by atoms with van der Waals surface area (Å²) < 4.78 is 5.76. The fourth-order valence-corrected chi connectivity index (χ4v) is 2.71. The molecule has 0 aromatic heterocycles. The van der Waals surface area contributed by atoms with Gasteiger partial charge in [0, 0.05) is 7.11 Å². The van der Waals surface area contributed by atoms with Crippen LogP contribution in [0, 0.1) is 5.92 Å². The van der Waals surface area contributed by atoms with Gasteiger partial charge in [0.05, 0.1) is 12.1 Å². The Balaban J connectivity index is 3.02. The molecule has 2 nitrogen and oxygen atoms in total. The lowest BCUT2D eigenvalue weighted by Gasteiger charge is -2.31. The van der Waals surface area contributed by atoms with Gasteiger partial charge >= 0.3 is 0 Å². The highest BCUT2D eigenvalue weighted by molar-refractivity contribution is 5.30. The van der Waals surface area contributed by atoms with Crippen LogP contribution in [0.2, 0.25) is 0 Å². The highest BCUT2D eigenvalue weighted by Crippen LogP contribution is 2.28. The van der Waals surface area contributed by atoms with Crippen LogP contribution in [-0.2, 0) is 10.2 Å². The number of nitrogens with one attached hydrogen (secondary N) is 1. The monoisotopic (exact) mass is 291 g/mol. The number of rotatable bonds is 7. The molecule has 2 atom stereocenters. The molecular formula is C19H33NO. The maximum absolute atomic E-state index is 5.76. The minimum Gasteiger partial charge on any atom is -0.379 e. The van der Waals surface area contributed by atoms with E-state index >= 15 is 0 Å². The molecule has 0 bridgehead atoms. The lowest BCUT2D eigenvalue weighted by Crippen LogP contribution is -2.37. The summed E-state index contributed by atoms with van der Waals surface area (Å²) in [5.41, 5.74) is 2.89. The van der Waals surface area contributed by atoms with E-state index in [2.05, 4.69) is 71.1 Å². The van der Waals surface area contributed by atoms with Gasteiger partial charge in [-0.1, -0.05) is 65.8 Å². The lowest BCUT2D eigenvalue weighted by atomic mass is 9.85. The molecule has 1 aromatic rings.